The minimum Gasteiger partial charge on any atom is -0.481 e. The fourth-order valence-electron chi connectivity index (χ4n) is 7.12. The third-order valence-electron chi connectivity index (χ3n) is 9.30. The summed E-state index contributed by atoms with van der Waals surface area (Å²) >= 11 is 1.47. The predicted octanol–water partition coefficient (Wildman–Crippen LogP) is 8.39. The molecule has 2 aliphatic rings. The van der Waals surface area contributed by atoms with Crippen molar-refractivity contribution in [2.75, 3.05) is 19.6 Å². The number of hydrogen-bond acceptors (Lipinski definition) is 6. The highest BCUT2D eigenvalue weighted by molar-refractivity contribution is 7.10. The summed E-state index contributed by atoms with van der Waals surface area (Å²) < 4.78 is 48.6. The highest BCUT2D eigenvalue weighted by Crippen LogP contribution is 2.41. The third-order valence-corrected chi connectivity index (χ3v) is 10.1. The van der Waals surface area contributed by atoms with E-state index in [1.807, 2.05) is 49.6 Å². The SMILES string of the molecule is C.C.CCC[C@H]1N(C(=O)c2cnccc2C(F)(F)F)CCC[C@@]1(Oc1csc(C)c1)C(=O)N1CCC(c2ccccc2CCC(=O)O)CC1. The van der Waals surface area contributed by atoms with Crippen molar-refractivity contribution in [3.8, 4) is 5.75 Å². The Morgan fingerprint density at radius 2 is 1.82 bits per heavy atom. The number of aliphatic carboxylic acids is 1. The Morgan fingerprint density at radius 3 is 2.45 bits per heavy atom. The lowest BCUT2D eigenvalue weighted by atomic mass is 9.78. The zero-order chi connectivity index (χ0) is 33.8. The molecule has 0 saturated carbocycles. The first kappa shape index (κ1) is 39.5. The van der Waals surface area contributed by atoms with Gasteiger partial charge in [-0.05, 0) is 68.2 Å². The Labute approximate surface area is 291 Å². The normalized spacial score (nSPS) is 19.8. The molecule has 1 aromatic carbocycles. The molecule has 5 rings (SSSR count). The van der Waals surface area contributed by atoms with Crippen molar-refractivity contribution in [2.24, 2.45) is 0 Å². The summed E-state index contributed by atoms with van der Waals surface area (Å²) in [6, 6.07) is 9.66. The van der Waals surface area contributed by atoms with Gasteiger partial charge in [0.1, 0.15) is 5.75 Å². The van der Waals surface area contributed by atoms with Gasteiger partial charge in [-0.2, -0.15) is 13.2 Å². The van der Waals surface area contributed by atoms with E-state index in [1.54, 1.807) is 4.90 Å². The Kier molecular flexibility index (Phi) is 13.4. The van der Waals surface area contributed by atoms with Crippen LogP contribution < -0.4 is 4.74 Å². The molecule has 12 heteroatoms. The van der Waals surface area contributed by atoms with Gasteiger partial charge in [0.05, 0.1) is 17.2 Å². The second-order valence-corrected chi connectivity index (χ2v) is 13.5. The summed E-state index contributed by atoms with van der Waals surface area (Å²) in [5.74, 6) is -1.30. The Hall–Kier alpha value is -3.93. The molecule has 0 aliphatic carbocycles. The fourth-order valence-corrected chi connectivity index (χ4v) is 7.72. The van der Waals surface area contributed by atoms with Crippen LogP contribution in [0.5, 0.6) is 5.75 Å². The van der Waals surface area contributed by atoms with Crippen molar-refractivity contribution in [1.29, 1.82) is 0 Å². The van der Waals surface area contributed by atoms with Gasteiger partial charge in [-0.1, -0.05) is 52.5 Å². The molecule has 0 spiro atoms. The largest absolute Gasteiger partial charge is 0.481 e. The maximum absolute atomic E-state index is 14.8. The molecule has 3 aromatic rings. The second-order valence-electron chi connectivity index (χ2n) is 12.4. The summed E-state index contributed by atoms with van der Waals surface area (Å²) in [4.78, 5) is 48.0. The Morgan fingerprint density at radius 1 is 1.10 bits per heavy atom. The smallest absolute Gasteiger partial charge is 0.417 e. The van der Waals surface area contributed by atoms with Crippen LogP contribution in [-0.4, -0.2) is 69.0 Å². The number of ether oxygens (including phenoxy) is 1. The number of carbonyl (C=O) groups is 3. The minimum atomic E-state index is -4.75. The lowest BCUT2D eigenvalue weighted by molar-refractivity contribution is -0.160. The summed E-state index contributed by atoms with van der Waals surface area (Å²) in [6.45, 7) is 4.88. The first-order valence-electron chi connectivity index (χ1n) is 16.1. The molecular weight excluding hydrogens is 655 g/mol. The lowest BCUT2D eigenvalue weighted by Crippen LogP contribution is -2.68. The number of nitrogens with zero attached hydrogens (tertiary/aromatic N) is 3. The number of pyridine rings is 1. The van der Waals surface area contributed by atoms with Crippen LogP contribution in [0.2, 0.25) is 0 Å². The standard InChI is InChI=1S/C35H40F3N3O5S.2CH4/c1-3-7-30-34(46-26-20-23(2)47-22-26,15-6-17-41(30)32(44)28-21-39-16-12-29(28)35(36,37)38)33(45)40-18-13-25(14-19-40)27-9-5-4-8-24(27)10-11-31(42)43;;/h4-5,8-9,12,16,20-22,25,30H,3,6-7,10-11,13-15,17-19H2,1-2H3,(H,42,43);2*1H4/t30-,34+;;/m1../s1. The van der Waals surface area contributed by atoms with Crippen molar-refractivity contribution in [3.63, 3.8) is 0 Å². The van der Waals surface area contributed by atoms with E-state index in [9.17, 15) is 32.7 Å². The molecule has 2 atom stereocenters. The van der Waals surface area contributed by atoms with Crippen LogP contribution in [0.4, 0.5) is 13.2 Å². The van der Waals surface area contributed by atoms with E-state index in [0.717, 1.165) is 34.5 Å². The van der Waals surface area contributed by atoms with Crippen molar-refractivity contribution >= 4 is 29.1 Å². The van der Waals surface area contributed by atoms with Crippen molar-refractivity contribution in [1.82, 2.24) is 14.8 Å². The van der Waals surface area contributed by atoms with Gasteiger partial charge in [0.15, 0.2) is 0 Å². The molecular formula is C37H48F3N3O5S. The zero-order valence-corrected chi connectivity index (χ0v) is 27.4. The molecule has 2 saturated heterocycles. The number of hydrogen-bond donors (Lipinski definition) is 1. The monoisotopic (exact) mass is 703 g/mol. The average Bonchev–Trinajstić information content (AvgIpc) is 3.47. The molecule has 1 N–H and O–H groups in total. The predicted molar refractivity (Wildman–Crippen MR) is 185 cm³/mol. The van der Waals surface area contributed by atoms with Crippen molar-refractivity contribution in [2.45, 2.75) is 104 Å². The van der Waals surface area contributed by atoms with Crippen LogP contribution in [-0.2, 0) is 22.2 Å². The molecule has 49 heavy (non-hydrogen) atoms. The van der Waals surface area contributed by atoms with Gasteiger partial charge in [-0.15, -0.1) is 11.3 Å². The topological polar surface area (TPSA) is 100 Å². The van der Waals surface area contributed by atoms with E-state index in [0.29, 0.717) is 63.8 Å². The summed E-state index contributed by atoms with van der Waals surface area (Å²) in [5.41, 5.74) is -1.01. The van der Waals surface area contributed by atoms with Crippen LogP contribution in [0.1, 0.15) is 105 Å². The Bertz CT molecular complexity index is 1590. The molecule has 0 unspecified atom stereocenters. The van der Waals surface area contributed by atoms with Gasteiger partial charge in [-0.25, -0.2) is 0 Å². The maximum atomic E-state index is 14.8. The number of amides is 2. The average molecular weight is 704 g/mol. The third kappa shape index (κ3) is 8.63. The number of halogens is 3. The molecule has 8 nitrogen and oxygen atoms in total. The van der Waals surface area contributed by atoms with E-state index in [-0.39, 0.29) is 39.6 Å². The number of thiophene rings is 1. The van der Waals surface area contributed by atoms with Gasteiger partial charge in [0, 0.05) is 55.1 Å². The highest BCUT2D eigenvalue weighted by Gasteiger charge is 2.56. The number of carboxylic acids is 1. The summed E-state index contributed by atoms with van der Waals surface area (Å²) in [6.07, 6.45) is 0.618. The number of aromatic nitrogens is 1. The summed E-state index contributed by atoms with van der Waals surface area (Å²) in [5, 5.41) is 11.0. The summed E-state index contributed by atoms with van der Waals surface area (Å²) in [7, 11) is 0. The highest BCUT2D eigenvalue weighted by atomic mass is 32.1. The molecule has 2 aliphatic heterocycles. The number of likely N-dealkylation sites (tertiary alicyclic amines) is 2. The molecule has 4 heterocycles. The molecule has 2 fully saturated rings. The van der Waals surface area contributed by atoms with Crippen LogP contribution in [0.15, 0.2) is 54.2 Å². The van der Waals surface area contributed by atoms with Gasteiger partial charge >= 0.3 is 12.1 Å². The van der Waals surface area contributed by atoms with Gasteiger partial charge in [-0.3, -0.25) is 19.4 Å². The first-order chi connectivity index (χ1) is 22.4. The molecule has 0 radical (unpaired) electrons. The van der Waals surface area contributed by atoms with Crippen LogP contribution in [0.25, 0.3) is 0 Å². The van der Waals surface area contributed by atoms with Gasteiger partial charge in [0.25, 0.3) is 11.8 Å². The zero-order valence-electron chi connectivity index (χ0n) is 26.6. The molecule has 2 aromatic heterocycles. The Balaban J connectivity index is 0.00000325. The van der Waals surface area contributed by atoms with E-state index in [1.165, 1.54) is 16.2 Å². The van der Waals surface area contributed by atoms with Crippen molar-refractivity contribution in [3.05, 3.63) is 81.3 Å². The maximum Gasteiger partial charge on any atom is 0.417 e. The molecule has 2 amide bonds. The first-order valence-corrected chi connectivity index (χ1v) is 17.0. The number of aryl methyl sites for hydroxylation is 2. The number of alkyl halides is 3. The van der Waals surface area contributed by atoms with Gasteiger partial charge < -0.3 is 19.6 Å². The number of carboxylic acid groups (broad SMARTS) is 1. The minimum absolute atomic E-state index is 0. The lowest BCUT2D eigenvalue weighted by Gasteiger charge is -2.50. The number of piperidine rings is 2. The van der Waals surface area contributed by atoms with E-state index >= 15 is 0 Å². The van der Waals surface area contributed by atoms with E-state index < -0.39 is 40.8 Å². The second kappa shape index (κ2) is 16.7. The quantitative estimate of drug-likeness (QED) is 0.228. The van der Waals surface area contributed by atoms with Crippen LogP contribution >= 0.6 is 11.3 Å². The van der Waals surface area contributed by atoms with Gasteiger partial charge in [0.2, 0.25) is 5.60 Å². The van der Waals surface area contributed by atoms with Crippen LogP contribution in [0.3, 0.4) is 0 Å². The number of rotatable bonds is 10. The van der Waals surface area contributed by atoms with E-state index in [4.69, 9.17) is 4.74 Å². The van der Waals surface area contributed by atoms with Crippen LogP contribution in [0, 0.1) is 6.92 Å². The molecule has 0 bridgehead atoms. The van der Waals surface area contributed by atoms with E-state index in [2.05, 4.69) is 4.98 Å². The number of carbonyl (C=O) groups excluding carboxylic acids is 2. The number of benzene rings is 1. The van der Waals surface area contributed by atoms with Crippen molar-refractivity contribution < 1.29 is 37.4 Å². The fraction of sp³-hybridized carbons (Fsp3) is 0.514. The molecule has 268 valence electrons.